The highest BCUT2D eigenvalue weighted by molar-refractivity contribution is 6.32. The molecule has 33 heavy (non-hydrogen) atoms. The molecule has 0 saturated heterocycles. The Kier molecular flexibility index (Phi) is 8.89. The fraction of sp³-hybridized carbons (Fsp3) is 0.273. The molecule has 2 amide bonds. The number of nitrogens with one attached hydrogen (secondary N) is 1. The fourth-order valence-electron chi connectivity index (χ4n) is 2.82. The van der Waals surface area contributed by atoms with Gasteiger partial charge in [-0.25, -0.2) is 4.79 Å². The van der Waals surface area contributed by atoms with Gasteiger partial charge in [0.15, 0.2) is 6.61 Å². The lowest BCUT2D eigenvalue weighted by molar-refractivity contribution is -0.384. The summed E-state index contributed by atoms with van der Waals surface area (Å²) in [6.07, 6.45) is 0. The van der Waals surface area contributed by atoms with Crippen LogP contribution in [0, 0.1) is 27.4 Å². The Bertz CT molecular complexity index is 1080. The van der Waals surface area contributed by atoms with E-state index in [0.717, 1.165) is 6.07 Å². The Labute approximate surface area is 194 Å². The summed E-state index contributed by atoms with van der Waals surface area (Å²) in [5.41, 5.74) is -0.0415. The van der Waals surface area contributed by atoms with Crippen LogP contribution in [0.5, 0.6) is 0 Å². The van der Waals surface area contributed by atoms with Crippen molar-refractivity contribution in [2.45, 2.75) is 19.9 Å². The third-order valence-corrected chi connectivity index (χ3v) is 4.87. The Morgan fingerprint density at radius 2 is 1.88 bits per heavy atom. The van der Waals surface area contributed by atoms with Crippen LogP contribution in [-0.4, -0.2) is 41.9 Å². The molecule has 0 saturated carbocycles. The number of halogens is 1. The molecule has 0 unspecified atom stereocenters. The van der Waals surface area contributed by atoms with Gasteiger partial charge in [-0.05, 0) is 30.2 Å². The van der Waals surface area contributed by atoms with Gasteiger partial charge in [0.05, 0.1) is 11.0 Å². The van der Waals surface area contributed by atoms with Crippen LogP contribution in [-0.2, 0) is 14.3 Å². The Hall–Kier alpha value is -3.97. The van der Waals surface area contributed by atoms with E-state index in [0.29, 0.717) is 5.69 Å². The molecule has 1 N–H and O–H groups in total. The maximum Gasteiger partial charge on any atom is 0.329 e. The van der Waals surface area contributed by atoms with Crippen molar-refractivity contribution in [2.24, 2.45) is 5.92 Å². The average molecular weight is 473 g/mol. The van der Waals surface area contributed by atoms with Gasteiger partial charge < -0.3 is 10.1 Å². The Morgan fingerprint density at radius 1 is 1.21 bits per heavy atom. The van der Waals surface area contributed by atoms with Crippen molar-refractivity contribution in [3.63, 3.8) is 0 Å². The third kappa shape index (κ3) is 6.75. The van der Waals surface area contributed by atoms with Crippen LogP contribution in [0.4, 0.5) is 11.4 Å². The molecule has 2 aromatic carbocycles. The van der Waals surface area contributed by atoms with E-state index in [1.165, 1.54) is 17.0 Å². The van der Waals surface area contributed by atoms with Crippen LogP contribution in [0.1, 0.15) is 24.2 Å². The second-order valence-electron chi connectivity index (χ2n) is 7.20. The number of nitriles is 1. The predicted octanol–water partition coefficient (Wildman–Crippen LogP) is 3.10. The number of hydrogen-bond acceptors (Lipinski definition) is 7. The number of rotatable bonds is 9. The maximum atomic E-state index is 12.6. The van der Waals surface area contributed by atoms with Gasteiger partial charge in [0.2, 0.25) is 0 Å². The van der Waals surface area contributed by atoms with E-state index in [9.17, 15) is 24.5 Å². The molecule has 11 heteroatoms. The largest absolute Gasteiger partial charge is 0.454 e. The molecule has 0 spiro atoms. The van der Waals surface area contributed by atoms with Crippen molar-refractivity contribution in [3.05, 3.63) is 69.2 Å². The summed E-state index contributed by atoms with van der Waals surface area (Å²) < 4.78 is 5.11. The number of nitrogens with zero attached hydrogens (tertiary/aromatic N) is 3. The SMILES string of the molecule is CC(C)[C@H](NC(=O)c1ccc(Cl)c([N+](=O)[O-])c1)C(=O)OCC(=O)N(CC#N)c1ccccc1. The molecule has 1 atom stereocenters. The smallest absolute Gasteiger partial charge is 0.329 e. The molecule has 0 aromatic heterocycles. The summed E-state index contributed by atoms with van der Waals surface area (Å²) >= 11 is 5.76. The number of hydrogen-bond donors (Lipinski definition) is 1. The zero-order valence-corrected chi connectivity index (χ0v) is 18.6. The van der Waals surface area contributed by atoms with Gasteiger partial charge in [-0.1, -0.05) is 43.6 Å². The molecule has 0 aliphatic heterocycles. The Balaban J connectivity index is 2.08. The summed E-state index contributed by atoms with van der Waals surface area (Å²) in [5, 5.41) is 22.4. The number of carbonyl (C=O) groups excluding carboxylic acids is 3. The molecule has 172 valence electrons. The van der Waals surface area contributed by atoms with E-state index >= 15 is 0 Å². The van der Waals surface area contributed by atoms with E-state index in [4.69, 9.17) is 21.6 Å². The highest BCUT2D eigenvalue weighted by Gasteiger charge is 2.28. The first-order chi connectivity index (χ1) is 15.6. The highest BCUT2D eigenvalue weighted by atomic mass is 35.5. The van der Waals surface area contributed by atoms with Gasteiger partial charge in [0.25, 0.3) is 17.5 Å². The van der Waals surface area contributed by atoms with Crippen LogP contribution in [0.3, 0.4) is 0 Å². The number of ether oxygens (including phenoxy) is 1. The maximum absolute atomic E-state index is 12.6. The normalized spacial score (nSPS) is 11.2. The monoisotopic (exact) mass is 472 g/mol. The topological polar surface area (TPSA) is 143 Å². The predicted molar refractivity (Wildman–Crippen MR) is 120 cm³/mol. The van der Waals surface area contributed by atoms with Gasteiger partial charge >= 0.3 is 5.97 Å². The molecule has 0 aliphatic carbocycles. The average Bonchev–Trinajstić information content (AvgIpc) is 2.79. The van der Waals surface area contributed by atoms with Crippen molar-refractivity contribution in [1.82, 2.24) is 5.32 Å². The van der Waals surface area contributed by atoms with Crippen LogP contribution < -0.4 is 10.2 Å². The van der Waals surface area contributed by atoms with Gasteiger partial charge in [-0.15, -0.1) is 0 Å². The number of amides is 2. The number of esters is 1. The Morgan fingerprint density at radius 3 is 2.45 bits per heavy atom. The molecule has 0 heterocycles. The fourth-order valence-corrected chi connectivity index (χ4v) is 3.01. The summed E-state index contributed by atoms with van der Waals surface area (Å²) in [6, 6.07) is 12.7. The quantitative estimate of drug-likeness (QED) is 0.255. The molecular weight excluding hydrogens is 452 g/mol. The summed E-state index contributed by atoms with van der Waals surface area (Å²) in [6.45, 7) is 2.44. The molecular formula is C22H21ClN4O6. The van der Waals surface area contributed by atoms with Crippen molar-refractivity contribution in [3.8, 4) is 6.07 Å². The number of para-hydroxylation sites is 1. The summed E-state index contributed by atoms with van der Waals surface area (Å²) in [5.74, 6) is -2.63. The second-order valence-corrected chi connectivity index (χ2v) is 7.61. The van der Waals surface area contributed by atoms with Crippen molar-refractivity contribution >= 4 is 40.8 Å². The first-order valence-electron chi connectivity index (χ1n) is 9.79. The molecule has 0 aliphatic rings. The number of anilines is 1. The number of benzene rings is 2. The van der Waals surface area contributed by atoms with E-state index in [1.54, 1.807) is 44.2 Å². The zero-order chi connectivity index (χ0) is 24.5. The highest BCUT2D eigenvalue weighted by Crippen LogP contribution is 2.25. The molecule has 10 nitrogen and oxygen atoms in total. The van der Waals surface area contributed by atoms with E-state index in [2.05, 4.69) is 5.32 Å². The first-order valence-corrected chi connectivity index (χ1v) is 10.2. The minimum atomic E-state index is -1.12. The summed E-state index contributed by atoms with van der Waals surface area (Å²) in [7, 11) is 0. The van der Waals surface area contributed by atoms with Gasteiger partial charge in [-0.3, -0.25) is 24.6 Å². The summed E-state index contributed by atoms with van der Waals surface area (Å²) in [4.78, 5) is 49.2. The standard InChI is InChI=1S/C22H21ClN4O6/c1-14(2)20(25-21(29)15-8-9-17(23)18(12-15)27(31)32)22(30)33-13-19(28)26(11-10-24)16-6-4-3-5-7-16/h3-9,12,14,20H,11,13H2,1-2H3,(H,25,29)/t20-/m0/s1. The number of nitro groups is 1. The van der Waals surface area contributed by atoms with Crippen molar-refractivity contribution in [2.75, 3.05) is 18.1 Å². The van der Waals surface area contributed by atoms with E-state index < -0.39 is 47.0 Å². The van der Waals surface area contributed by atoms with Crippen molar-refractivity contribution in [1.29, 1.82) is 5.26 Å². The number of carbonyl (C=O) groups is 3. The molecule has 0 radical (unpaired) electrons. The minimum Gasteiger partial charge on any atom is -0.454 e. The van der Waals surface area contributed by atoms with Crippen LogP contribution in [0.25, 0.3) is 0 Å². The third-order valence-electron chi connectivity index (χ3n) is 4.55. The first kappa shape index (κ1) is 25.3. The molecule has 0 fully saturated rings. The van der Waals surface area contributed by atoms with Gasteiger partial charge in [0.1, 0.15) is 17.6 Å². The minimum absolute atomic E-state index is 0.0649. The van der Waals surface area contributed by atoms with Crippen molar-refractivity contribution < 1.29 is 24.0 Å². The van der Waals surface area contributed by atoms with Gasteiger partial charge in [-0.2, -0.15) is 5.26 Å². The molecule has 2 rings (SSSR count). The lowest BCUT2D eigenvalue weighted by Crippen LogP contribution is -2.46. The van der Waals surface area contributed by atoms with Crippen LogP contribution in [0.15, 0.2) is 48.5 Å². The lowest BCUT2D eigenvalue weighted by atomic mass is 10.0. The lowest BCUT2D eigenvalue weighted by Gasteiger charge is -2.23. The second kappa shape index (κ2) is 11.6. The molecule has 0 bridgehead atoms. The number of nitro benzene ring substituents is 1. The molecule has 2 aromatic rings. The van der Waals surface area contributed by atoms with E-state index in [-0.39, 0.29) is 17.1 Å². The van der Waals surface area contributed by atoms with Gasteiger partial charge in [0, 0.05) is 17.3 Å². The zero-order valence-electron chi connectivity index (χ0n) is 17.9. The van der Waals surface area contributed by atoms with Crippen LogP contribution in [0.2, 0.25) is 5.02 Å². The van der Waals surface area contributed by atoms with Crippen LogP contribution >= 0.6 is 11.6 Å². The van der Waals surface area contributed by atoms with E-state index in [1.807, 2.05) is 6.07 Å².